The molecule has 0 aliphatic heterocycles. The lowest BCUT2D eigenvalue weighted by atomic mass is 10.0. The molecule has 0 saturated heterocycles. The van der Waals surface area contributed by atoms with Crippen molar-refractivity contribution >= 4 is 17.5 Å². The molecule has 0 bridgehead atoms. The van der Waals surface area contributed by atoms with E-state index in [1.54, 1.807) is 0 Å². The number of amides is 1. The van der Waals surface area contributed by atoms with E-state index >= 15 is 0 Å². The van der Waals surface area contributed by atoms with Crippen molar-refractivity contribution in [2.75, 3.05) is 12.4 Å². The van der Waals surface area contributed by atoms with Crippen LogP contribution in [0.5, 0.6) is 0 Å². The minimum absolute atomic E-state index is 0.155. The van der Waals surface area contributed by atoms with Gasteiger partial charge in [-0.3, -0.25) is 4.79 Å². The first-order chi connectivity index (χ1) is 9.13. The standard InChI is InChI=1S/C16H22ClNO/c1-13-3-2-4-14(11-13)5-6-15(19)18-12-16(7-8-16)9-10-17/h2-4,11H,5-10,12H2,1H3,(H,18,19). The van der Waals surface area contributed by atoms with Crippen molar-refractivity contribution in [2.45, 2.75) is 39.0 Å². The van der Waals surface area contributed by atoms with E-state index in [2.05, 4.69) is 30.4 Å². The van der Waals surface area contributed by atoms with Gasteiger partial charge in [0, 0.05) is 18.8 Å². The predicted molar refractivity (Wildman–Crippen MR) is 79.5 cm³/mol. The highest BCUT2D eigenvalue weighted by Crippen LogP contribution is 2.48. The number of benzene rings is 1. The maximum Gasteiger partial charge on any atom is 0.220 e. The molecule has 1 aromatic rings. The lowest BCUT2D eigenvalue weighted by Crippen LogP contribution is -2.30. The fourth-order valence-corrected chi connectivity index (χ4v) is 2.79. The normalized spacial score (nSPS) is 16.1. The van der Waals surface area contributed by atoms with Crippen molar-refractivity contribution in [1.29, 1.82) is 0 Å². The number of carbonyl (C=O) groups is 1. The Morgan fingerprint density at radius 2 is 2.21 bits per heavy atom. The van der Waals surface area contributed by atoms with Crippen LogP contribution < -0.4 is 5.32 Å². The number of aryl methyl sites for hydroxylation is 2. The van der Waals surface area contributed by atoms with Crippen molar-refractivity contribution in [3.05, 3.63) is 35.4 Å². The molecule has 19 heavy (non-hydrogen) atoms. The summed E-state index contributed by atoms with van der Waals surface area (Å²) in [5, 5.41) is 3.06. The summed E-state index contributed by atoms with van der Waals surface area (Å²) in [6.07, 6.45) is 4.82. The third kappa shape index (κ3) is 4.54. The largest absolute Gasteiger partial charge is 0.356 e. The molecule has 0 aromatic heterocycles. The first-order valence-corrected chi connectivity index (χ1v) is 7.55. The van der Waals surface area contributed by atoms with Gasteiger partial charge in [0.05, 0.1) is 0 Å². The van der Waals surface area contributed by atoms with Crippen LogP contribution in [0.15, 0.2) is 24.3 Å². The first-order valence-electron chi connectivity index (χ1n) is 7.02. The molecule has 0 heterocycles. The van der Waals surface area contributed by atoms with Crippen molar-refractivity contribution < 1.29 is 4.79 Å². The monoisotopic (exact) mass is 279 g/mol. The average Bonchev–Trinajstić information content (AvgIpc) is 3.15. The Labute approximate surface area is 120 Å². The van der Waals surface area contributed by atoms with E-state index in [9.17, 15) is 4.79 Å². The highest BCUT2D eigenvalue weighted by molar-refractivity contribution is 6.17. The molecule has 0 atom stereocenters. The topological polar surface area (TPSA) is 29.1 Å². The number of alkyl halides is 1. The van der Waals surface area contributed by atoms with E-state index < -0.39 is 0 Å². The molecule has 0 radical (unpaired) electrons. The molecule has 1 amide bonds. The maximum absolute atomic E-state index is 11.8. The summed E-state index contributed by atoms with van der Waals surface area (Å²) >= 11 is 5.78. The number of carbonyl (C=O) groups excluding carboxylic acids is 1. The van der Waals surface area contributed by atoms with Gasteiger partial charge in [0.15, 0.2) is 0 Å². The summed E-state index contributed by atoms with van der Waals surface area (Å²) in [5.41, 5.74) is 2.80. The quantitative estimate of drug-likeness (QED) is 0.761. The van der Waals surface area contributed by atoms with Crippen LogP contribution >= 0.6 is 11.6 Å². The summed E-state index contributed by atoms with van der Waals surface area (Å²) in [5.74, 6) is 0.849. The van der Waals surface area contributed by atoms with Crippen LogP contribution in [0.1, 0.15) is 36.8 Å². The molecular weight excluding hydrogens is 258 g/mol. The fourth-order valence-electron chi connectivity index (χ4n) is 2.39. The van der Waals surface area contributed by atoms with Gasteiger partial charge in [0.1, 0.15) is 0 Å². The number of rotatable bonds is 7. The number of halogens is 1. The second kappa shape index (κ2) is 6.42. The Kier molecular flexibility index (Phi) is 4.87. The van der Waals surface area contributed by atoms with Crippen LogP contribution in [0.2, 0.25) is 0 Å². The molecule has 1 aromatic carbocycles. The van der Waals surface area contributed by atoms with Crippen molar-refractivity contribution in [1.82, 2.24) is 5.32 Å². The highest BCUT2D eigenvalue weighted by atomic mass is 35.5. The fraction of sp³-hybridized carbons (Fsp3) is 0.562. The zero-order valence-electron chi connectivity index (χ0n) is 11.5. The lowest BCUT2D eigenvalue weighted by Gasteiger charge is -2.14. The molecule has 0 unspecified atom stereocenters. The van der Waals surface area contributed by atoms with E-state index in [4.69, 9.17) is 11.6 Å². The Morgan fingerprint density at radius 3 is 2.84 bits per heavy atom. The Bertz CT molecular complexity index is 440. The van der Waals surface area contributed by atoms with Crippen LogP contribution in [-0.2, 0) is 11.2 Å². The first kappa shape index (κ1) is 14.4. The minimum Gasteiger partial charge on any atom is -0.356 e. The van der Waals surface area contributed by atoms with Gasteiger partial charge in [-0.1, -0.05) is 29.8 Å². The molecule has 3 heteroatoms. The summed E-state index contributed by atoms with van der Waals surface area (Å²) < 4.78 is 0. The summed E-state index contributed by atoms with van der Waals surface area (Å²) in [7, 11) is 0. The van der Waals surface area contributed by atoms with E-state index in [1.165, 1.54) is 24.0 Å². The minimum atomic E-state index is 0.155. The van der Waals surface area contributed by atoms with Gasteiger partial charge in [-0.05, 0) is 43.6 Å². The van der Waals surface area contributed by atoms with Crippen LogP contribution in [0, 0.1) is 12.3 Å². The van der Waals surface area contributed by atoms with E-state index in [1.807, 2.05) is 6.07 Å². The molecular formula is C16H22ClNO. The molecule has 104 valence electrons. The number of hydrogen-bond acceptors (Lipinski definition) is 1. The van der Waals surface area contributed by atoms with Gasteiger partial charge < -0.3 is 5.32 Å². The van der Waals surface area contributed by atoms with Crippen molar-refractivity contribution in [2.24, 2.45) is 5.41 Å². The zero-order valence-corrected chi connectivity index (χ0v) is 12.3. The van der Waals surface area contributed by atoms with Crippen LogP contribution in [0.4, 0.5) is 0 Å². The Balaban J connectivity index is 1.70. The van der Waals surface area contributed by atoms with Gasteiger partial charge in [-0.15, -0.1) is 11.6 Å². The molecule has 1 N–H and O–H groups in total. The molecule has 1 aliphatic rings. The Hall–Kier alpha value is -1.02. The lowest BCUT2D eigenvalue weighted by molar-refractivity contribution is -0.121. The van der Waals surface area contributed by atoms with Crippen LogP contribution in [0.3, 0.4) is 0 Å². The second-order valence-electron chi connectivity index (χ2n) is 5.70. The van der Waals surface area contributed by atoms with Gasteiger partial charge in [-0.2, -0.15) is 0 Å². The predicted octanol–water partition coefficient (Wildman–Crippen LogP) is 3.45. The van der Waals surface area contributed by atoms with Crippen molar-refractivity contribution in [3.63, 3.8) is 0 Å². The van der Waals surface area contributed by atoms with E-state index in [-0.39, 0.29) is 5.91 Å². The molecule has 0 spiro atoms. The maximum atomic E-state index is 11.8. The van der Waals surface area contributed by atoms with Gasteiger partial charge in [0.2, 0.25) is 5.91 Å². The molecule has 2 rings (SSSR count). The smallest absolute Gasteiger partial charge is 0.220 e. The Morgan fingerprint density at radius 1 is 1.42 bits per heavy atom. The third-order valence-electron chi connectivity index (χ3n) is 3.97. The summed E-state index contributed by atoms with van der Waals surface area (Å²) in [6, 6.07) is 8.34. The van der Waals surface area contributed by atoms with E-state index in [0.717, 1.165) is 19.4 Å². The van der Waals surface area contributed by atoms with Gasteiger partial charge in [-0.25, -0.2) is 0 Å². The average molecular weight is 280 g/mol. The molecule has 1 fully saturated rings. The van der Waals surface area contributed by atoms with Crippen molar-refractivity contribution in [3.8, 4) is 0 Å². The second-order valence-corrected chi connectivity index (χ2v) is 6.08. The van der Waals surface area contributed by atoms with Crippen LogP contribution in [0.25, 0.3) is 0 Å². The molecule has 2 nitrogen and oxygen atoms in total. The molecule has 1 saturated carbocycles. The summed E-state index contributed by atoms with van der Waals surface area (Å²) in [6.45, 7) is 2.87. The van der Waals surface area contributed by atoms with Gasteiger partial charge in [0.25, 0.3) is 0 Å². The number of hydrogen-bond donors (Lipinski definition) is 1. The number of nitrogens with one attached hydrogen (secondary N) is 1. The molecule has 1 aliphatic carbocycles. The zero-order chi connectivity index (χ0) is 13.7. The van der Waals surface area contributed by atoms with Gasteiger partial charge >= 0.3 is 0 Å². The summed E-state index contributed by atoms with van der Waals surface area (Å²) in [4.78, 5) is 11.8. The SMILES string of the molecule is Cc1cccc(CCC(=O)NCC2(CCCl)CC2)c1. The van der Waals surface area contributed by atoms with Crippen LogP contribution in [-0.4, -0.2) is 18.3 Å². The highest BCUT2D eigenvalue weighted by Gasteiger charge is 2.41. The van der Waals surface area contributed by atoms with E-state index in [0.29, 0.717) is 17.7 Å². The third-order valence-corrected chi connectivity index (χ3v) is 4.15.